The van der Waals surface area contributed by atoms with Crippen molar-refractivity contribution in [2.45, 2.75) is 18.4 Å². The maximum Gasteiger partial charge on any atom is 0.295 e. The molecule has 2 bridgehead atoms. The molecule has 1 spiro atoms. The quantitative estimate of drug-likeness (QED) is 0.830. The summed E-state index contributed by atoms with van der Waals surface area (Å²) in [4.78, 5) is 15.0. The molecule has 1 aromatic heterocycles. The fraction of sp³-hybridized carbons (Fsp3) is 0.474. The van der Waals surface area contributed by atoms with Gasteiger partial charge in [0.25, 0.3) is 6.02 Å². The molecule has 0 N–H and O–H groups in total. The largest absolute Gasteiger partial charge is 0.455 e. The van der Waals surface area contributed by atoms with Crippen LogP contribution in [-0.2, 0) is 4.74 Å². The third kappa shape index (κ3) is 2.64. The number of amidine groups is 1. The molecule has 25 heavy (non-hydrogen) atoms. The zero-order chi connectivity index (χ0) is 16.9. The van der Waals surface area contributed by atoms with Crippen molar-refractivity contribution in [2.24, 2.45) is 10.9 Å². The number of benzene rings is 1. The van der Waals surface area contributed by atoms with Gasteiger partial charge >= 0.3 is 0 Å². The Morgan fingerprint density at radius 3 is 2.72 bits per heavy atom. The molecule has 4 aliphatic heterocycles. The van der Waals surface area contributed by atoms with Crippen LogP contribution in [0.5, 0.6) is 0 Å². The minimum atomic E-state index is -0.0659. The molecule has 5 heterocycles. The first-order valence-electron chi connectivity index (χ1n) is 8.94. The Morgan fingerprint density at radius 2 is 2.00 bits per heavy atom. The normalized spacial score (nSPS) is 32.5. The fourth-order valence-electron chi connectivity index (χ4n) is 4.42. The SMILES string of the molecule is CN1C[C@@]2(CN3CCC2CC3)OC1=Nc1ncc(-c2ccccc2)s1. The predicted octanol–water partition coefficient (Wildman–Crippen LogP) is 3.22. The number of hydrogen-bond acceptors (Lipinski definition) is 5. The monoisotopic (exact) mass is 354 g/mol. The van der Waals surface area contributed by atoms with Gasteiger partial charge in [0.05, 0.1) is 11.4 Å². The lowest BCUT2D eigenvalue weighted by Crippen LogP contribution is -2.60. The van der Waals surface area contributed by atoms with Crippen molar-refractivity contribution in [3.63, 3.8) is 0 Å². The van der Waals surface area contributed by atoms with Crippen molar-refractivity contribution in [1.82, 2.24) is 14.8 Å². The zero-order valence-corrected chi connectivity index (χ0v) is 15.2. The number of hydrogen-bond donors (Lipinski definition) is 0. The van der Waals surface area contributed by atoms with E-state index in [1.54, 1.807) is 11.3 Å². The highest BCUT2D eigenvalue weighted by atomic mass is 32.1. The number of likely N-dealkylation sites (N-methyl/N-ethyl adjacent to an activating group) is 1. The van der Waals surface area contributed by atoms with Crippen LogP contribution in [0.25, 0.3) is 10.4 Å². The zero-order valence-electron chi connectivity index (χ0n) is 14.4. The number of aromatic nitrogens is 1. The lowest BCUT2D eigenvalue weighted by Gasteiger charge is -2.49. The molecule has 5 nitrogen and oxygen atoms in total. The second kappa shape index (κ2) is 5.81. The summed E-state index contributed by atoms with van der Waals surface area (Å²) in [5.74, 6) is 0.656. The van der Waals surface area contributed by atoms with Gasteiger partial charge in [0.2, 0.25) is 5.13 Å². The summed E-state index contributed by atoms with van der Waals surface area (Å²) in [5, 5.41) is 0.763. The van der Waals surface area contributed by atoms with Gasteiger partial charge in [-0.25, -0.2) is 4.98 Å². The average molecular weight is 354 g/mol. The van der Waals surface area contributed by atoms with Crippen LogP contribution < -0.4 is 0 Å². The van der Waals surface area contributed by atoms with Gasteiger partial charge in [-0.3, -0.25) is 4.90 Å². The number of nitrogens with zero attached hydrogens (tertiary/aromatic N) is 4. The molecule has 2 aromatic rings. The Balaban J connectivity index is 1.39. The van der Waals surface area contributed by atoms with E-state index in [1.165, 1.54) is 31.5 Å². The number of aliphatic imine (C=N–C) groups is 1. The molecule has 6 rings (SSSR count). The van der Waals surface area contributed by atoms with Gasteiger partial charge in [0.1, 0.15) is 5.60 Å². The van der Waals surface area contributed by atoms with Gasteiger partial charge in [-0.1, -0.05) is 41.7 Å². The second-order valence-electron chi connectivity index (χ2n) is 7.34. The molecule has 0 aliphatic carbocycles. The number of fused-ring (bicyclic) bond motifs is 2. The predicted molar refractivity (Wildman–Crippen MR) is 100 cm³/mol. The van der Waals surface area contributed by atoms with Gasteiger partial charge in [0.15, 0.2) is 0 Å². The smallest absolute Gasteiger partial charge is 0.295 e. The van der Waals surface area contributed by atoms with Crippen molar-refractivity contribution >= 4 is 22.5 Å². The molecule has 1 atom stereocenters. The van der Waals surface area contributed by atoms with Crippen molar-refractivity contribution in [3.8, 4) is 10.4 Å². The molecule has 4 saturated heterocycles. The molecule has 0 unspecified atom stereocenters. The lowest BCUT2D eigenvalue weighted by atomic mass is 9.75. The van der Waals surface area contributed by atoms with Crippen molar-refractivity contribution in [1.29, 1.82) is 0 Å². The van der Waals surface area contributed by atoms with Crippen LogP contribution in [-0.4, -0.2) is 59.6 Å². The van der Waals surface area contributed by atoms with Gasteiger partial charge < -0.3 is 9.64 Å². The van der Waals surface area contributed by atoms with Gasteiger partial charge in [0, 0.05) is 25.7 Å². The highest BCUT2D eigenvalue weighted by Gasteiger charge is 2.53. The van der Waals surface area contributed by atoms with E-state index >= 15 is 0 Å². The summed E-state index contributed by atoms with van der Waals surface area (Å²) in [6.45, 7) is 4.41. The molecular formula is C19H22N4OS. The van der Waals surface area contributed by atoms with E-state index in [9.17, 15) is 0 Å². The van der Waals surface area contributed by atoms with Crippen LogP contribution in [0.3, 0.4) is 0 Å². The molecule has 1 aromatic carbocycles. The topological polar surface area (TPSA) is 41.0 Å². The maximum absolute atomic E-state index is 6.46. The summed E-state index contributed by atoms with van der Waals surface area (Å²) in [7, 11) is 2.08. The third-order valence-corrected chi connectivity index (χ3v) is 6.63. The van der Waals surface area contributed by atoms with E-state index in [4.69, 9.17) is 9.73 Å². The first-order chi connectivity index (χ1) is 12.2. The Morgan fingerprint density at radius 1 is 1.20 bits per heavy atom. The van der Waals surface area contributed by atoms with E-state index in [0.717, 1.165) is 29.1 Å². The third-order valence-electron chi connectivity index (χ3n) is 5.69. The number of thiazole rings is 1. The van der Waals surface area contributed by atoms with Crippen LogP contribution in [0.1, 0.15) is 12.8 Å². The van der Waals surface area contributed by atoms with E-state index in [0.29, 0.717) is 5.92 Å². The first-order valence-corrected chi connectivity index (χ1v) is 9.76. The van der Waals surface area contributed by atoms with E-state index in [2.05, 4.69) is 34.0 Å². The Hall–Kier alpha value is -1.92. The highest BCUT2D eigenvalue weighted by molar-refractivity contribution is 7.18. The first kappa shape index (κ1) is 15.3. The minimum Gasteiger partial charge on any atom is -0.455 e. The van der Waals surface area contributed by atoms with Crippen LogP contribution >= 0.6 is 11.3 Å². The highest BCUT2D eigenvalue weighted by Crippen LogP contribution is 2.42. The summed E-state index contributed by atoms with van der Waals surface area (Å²) in [5.41, 5.74) is 1.12. The second-order valence-corrected chi connectivity index (χ2v) is 8.35. The van der Waals surface area contributed by atoms with E-state index in [1.807, 2.05) is 24.4 Å². The van der Waals surface area contributed by atoms with Gasteiger partial charge in [-0.2, -0.15) is 4.99 Å². The average Bonchev–Trinajstić information content (AvgIpc) is 3.22. The number of rotatable bonds is 2. The molecule has 4 aliphatic rings. The maximum atomic E-state index is 6.46. The standard InChI is InChI=1S/C19H22N4OS/c1-22-12-19(13-23-9-7-15(19)8-10-23)24-18(22)21-17-20-11-16(25-17)14-5-3-2-4-6-14/h2-6,11,15H,7-10,12-13H2,1H3/t19-/m0/s1. The summed E-state index contributed by atoms with van der Waals surface area (Å²) in [6.07, 6.45) is 4.39. The van der Waals surface area contributed by atoms with E-state index in [-0.39, 0.29) is 5.60 Å². The molecular weight excluding hydrogens is 332 g/mol. The molecule has 4 fully saturated rings. The minimum absolute atomic E-state index is 0.0659. The molecule has 130 valence electrons. The number of piperidine rings is 3. The van der Waals surface area contributed by atoms with Crippen LogP contribution in [0, 0.1) is 5.92 Å². The summed E-state index contributed by atoms with van der Waals surface area (Å²) < 4.78 is 6.46. The number of ether oxygens (including phenoxy) is 1. The van der Waals surface area contributed by atoms with Crippen LogP contribution in [0.2, 0.25) is 0 Å². The van der Waals surface area contributed by atoms with Gasteiger partial charge in [-0.15, -0.1) is 0 Å². The van der Waals surface area contributed by atoms with Crippen molar-refractivity contribution < 1.29 is 4.74 Å². The van der Waals surface area contributed by atoms with Crippen molar-refractivity contribution in [2.75, 3.05) is 33.2 Å². The van der Waals surface area contributed by atoms with E-state index < -0.39 is 0 Å². The van der Waals surface area contributed by atoms with Crippen LogP contribution in [0.4, 0.5) is 5.13 Å². The molecule has 0 saturated carbocycles. The van der Waals surface area contributed by atoms with Crippen LogP contribution in [0.15, 0.2) is 41.5 Å². The Kier molecular flexibility index (Phi) is 3.57. The fourth-order valence-corrected chi connectivity index (χ4v) is 5.21. The molecule has 6 heteroatoms. The molecule has 0 radical (unpaired) electrons. The molecule has 0 amide bonds. The van der Waals surface area contributed by atoms with Crippen molar-refractivity contribution in [3.05, 3.63) is 36.5 Å². The lowest BCUT2D eigenvalue weighted by molar-refractivity contribution is -0.0818. The summed E-state index contributed by atoms with van der Waals surface area (Å²) >= 11 is 1.61. The Labute approximate surface area is 152 Å². The summed E-state index contributed by atoms with van der Waals surface area (Å²) in [6, 6.07) is 11.1. The Bertz CT molecular complexity index is 797. The van der Waals surface area contributed by atoms with Gasteiger partial charge in [-0.05, 0) is 31.5 Å².